The van der Waals surface area contributed by atoms with Crippen LogP contribution >= 0.6 is 15.9 Å². The van der Waals surface area contributed by atoms with Crippen LogP contribution in [0.3, 0.4) is 0 Å². The van der Waals surface area contributed by atoms with E-state index in [2.05, 4.69) is 20.8 Å². The number of fused-ring (bicyclic) bond motifs is 1. The van der Waals surface area contributed by atoms with Crippen LogP contribution in [0.25, 0.3) is 10.8 Å². The molecule has 0 aliphatic heterocycles. The van der Waals surface area contributed by atoms with Gasteiger partial charge in [-0.1, -0.05) is 40.2 Å². The van der Waals surface area contributed by atoms with Crippen molar-refractivity contribution in [3.05, 3.63) is 42.0 Å². The Labute approximate surface area is 192 Å². The van der Waals surface area contributed by atoms with Gasteiger partial charge in [0.25, 0.3) is 0 Å². The summed E-state index contributed by atoms with van der Waals surface area (Å²) in [6, 6.07) is 10.6. The van der Waals surface area contributed by atoms with Gasteiger partial charge in [-0.2, -0.15) is 0 Å². The Bertz CT molecular complexity index is 935. The van der Waals surface area contributed by atoms with E-state index in [4.69, 9.17) is 24.6 Å². The van der Waals surface area contributed by atoms with Gasteiger partial charge in [-0.15, -0.1) is 0 Å². The maximum atomic E-state index is 12.3. The Morgan fingerprint density at radius 3 is 2.38 bits per heavy atom. The highest BCUT2D eigenvalue weighted by molar-refractivity contribution is 9.09. The Balaban J connectivity index is 1.81. The largest absolute Gasteiger partial charge is 0.463 e. The van der Waals surface area contributed by atoms with Crippen molar-refractivity contribution in [1.29, 1.82) is 0 Å². The highest BCUT2D eigenvalue weighted by atomic mass is 79.9. The number of benzene rings is 2. The van der Waals surface area contributed by atoms with Crippen LogP contribution in [0.5, 0.6) is 5.75 Å². The quantitative estimate of drug-likeness (QED) is 0.143. The topological polar surface area (TPSA) is 132 Å². The molecule has 2 aromatic rings. The van der Waals surface area contributed by atoms with Crippen LogP contribution in [0, 0.1) is 0 Å². The lowest BCUT2D eigenvalue weighted by Gasteiger charge is -2.13. The number of carbonyl (C=O) groups is 3. The molecule has 0 saturated carbocycles. The summed E-state index contributed by atoms with van der Waals surface area (Å²) in [5.41, 5.74) is 0.711. The molecule has 174 valence electrons. The van der Waals surface area contributed by atoms with E-state index in [1.54, 1.807) is 31.2 Å². The molecule has 0 aliphatic rings. The number of halogens is 1. The molecule has 0 spiro atoms. The fourth-order valence-corrected chi connectivity index (χ4v) is 2.82. The zero-order valence-electron chi connectivity index (χ0n) is 17.4. The Morgan fingerprint density at radius 2 is 1.66 bits per heavy atom. The van der Waals surface area contributed by atoms with Crippen molar-refractivity contribution in [3.8, 4) is 5.75 Å². The summed E-state index contributed by atoms with van der Waals surface area (Å²) in [5.74, 6) is -1.82. The Kier molecular flexibility index (Phi) is 10.5. The predicted octanol–water partition coefficient (Wildman–Crippen LogP) is 3.12. The average molecular weight is 514 g/mol. The number of hydrogen-bond donors (Lipinski definition) is 2. The number of hydrogen-bond acceptors (Lipinski definition) is 10. The Hall–Kier alpha value is -2.57. The molecule has 2 N–H and O–H groups in total. The number of unbranched alkanes of at least 4 members (excludes halogenated alkanes) is 1. The summed E-state index contributed by atoms with van der Waals surface area (Å²) in [5, 5.41) is 18.1. The number of nitrogens with zero attached hydrogens (tertiary/aromatic N) is 1. The lowest BCUT2D eigenvalue weighted by molar-refractivity contribution is -0.492. The molecule has 0 radical (unpaired) electrons. The lowest BCUT2D eigenvalue weighted by atomic mass is 9.98. The van der Waals surface area contributed by atoms with E-state index in [-0.39, 0.29) is 23.9 Å². The molecule has 1 unspecified atom stereocenters. The van der Waals surface area contributed by atoms with Crippen LogP contribution in [0.15, 0.2) is 36.4 Å². The van der Waals surface area contributed by atoms with E-state index in [1.807, 2.05) is 12.1 Å². The van der Waals surface area contributed by atoms with E-state index in [1.165, 1.54) is 0 Å². The van der Waals surface area contributed by atoms with Crippen molar-refractivity contribution in [1.82, 2.24) is 5.39 Å². The molecule has 0 aliphatic carbocycles. The molecule has 2 aromatic carbocycles. The molecule has 0 saturated heterocycles. The minimum atomic E-state index is -0.679. The fraction of sp³-hybridized carbons (Fsp3) is 0.381. The van der Waals surface area contributed by atoms with Crippen molar-refractivity contribution in [2.75, 3.05) is 25.2 Å². The van der Waals surface area contributed by atoms with Crippen LogP contribution in [-0.4, -0.2) is 58.9 Å². The van der Waals surface area contributed by atoms with Gasteiger partial charge >= 0.3 is 17.9 Å². The summed E-state index contributed by atoms with van der Waals surface area (Å²) in [7, 11) is 0. The third kappa shape index (κ3) is 8.52. The average Bonchev–Trinajstić information content (AvgIpc) is 2.78. The van der Waals surface area contributed by atoms with Crippen molar-refractivity contribution in [2.45, 2.75) is 25.7 Å². The van der Waals surface area contributed by atoms with Gasteiger partial charge in [0.1, 0.15) is 11.1 Å². The van der Waals surface area contributed by atoms with Crippen molar-refractivity contribution in [3.63, 3.8) is 0 Å². The second kappa shape index (κ2) is 13.1. The van der Waals surface area contributed by atoms with Gasteiger partial charge < -0.3 is 14.2 Å². The summed E-state index contributed by atoms with van der Waals surface area (Å²) in [6.07, 6.45) is 0.877. The SMILES string of the molecule is CC(C(=O)OCC(=O)OCCCCON(O)O)c1ccc2cc(OC(=O)CBr)ccc2c1. The van der Waals surface area contributed by atoms with Crippen molar-refractivity contribution < 1.29 is 43.8 Å². The summed E-state index contributed by atoms with van der Waals surface area (Å²) in [4.78, 5) is 39.8. The molecule has 0 aromatic heterocycles. The summed E-state index contributed by atoms with van der Waals surface area (Å²) in [6.45, 7) is 1.30. The molecule has 0 amide bonds. The Morgan fingerprint density at radius 1 is 0.969 bits per heavy atom. The van der Waals surface area contributed by atoms with E-state index in [9.17, 15) is 14.4 Å². The molecule has 1 atom stereocenters. The maximum absolute atomic E-state index is 12.3. The van der Waals surface area contributed by atoms with Gasteiger partial charge in [0, 0.05) is 0 Å². The number of alkyl halides is 1. The second-order valence-corrected chi connectivity index (χ2v) is 7.28. The molecule has 32 heavy (non-hydrogen) atoms. The van der Waals surface area contributed by atoms with Gasteiger partial charge in [-0.05, 0) is 48.2 Å². The van der Waals surface area contributed by atoms with Gasteiger partial charge in [0.15, 0.2) is 6.61 Å². The van der Waals surface area contributed by atoms with Crippen molar-refractivity contribution >= 4 is 44.6 Å². The molecule has 2 rings (SSSR count). The minimum Gasteiger partial charge on any atom is -0.463 e. The minimum absolute atomic E-state index is 0.0477. The van der Waals surface area contributed by atoms with E-state index >= 15 is 0 Å². The van der Waals surface area contributed by atoms with Crippen LogP contribution in [0.1, 0.15) is 31.2 Å². The van der Waals surface area contributed by atoms with Crippen LogP contribution in [-0.2, 0) is 28.7 Å². The number of esters is 3. The van der Waals surface area contributed by atoms with Crippen molar-refractivity contribution in [2.24, 2.45) is 0 Å². The summed E-state index contributed by atoms with van der Waals surface area (Å²) >= 11 is 3.04. The highest BCUT2D eigenvalue weighted by Gasteiger charge is 2.19. The van der Waals surface area contributed by atoms with Gasteiger partial charge in [0.2, 0.25) is 0 Å². The van der Waals surface area contributed by atoms with Gasteiger partial charge in [-0.25, -0.2) is 4.79 Å². The summed E-state index contributed by atoms with van der Waals surface area (Å²) < 4.78 is 15.2. The normalized spacial score (nSPS) is 11.9. The molecular formula is C21H24BrNO9. The van der Waals surface area contributed by atoms with E-state index in [0.717, 1.165) is 10.8 Å². The zero-order chi connectivity index (χ0) is 23.5. The molecular weight excluding hydrogens is 490 g/mol. The van der Waals surface area contributed by atoms with E-state index in [0.29, 0.717) is 24.2 Å². The number of rotatable bonds is 12. The second-order valence-electron chi connectivity index (χ2n) is 6.72. The molecule has 10 nitrogen and oxygen atoms in total. The van der Waals surface area contributed by atoms with Gasteiger partial charge in [0.05, 0.1) is 24.5 Å². The monoisotopic (exact) mass is 513 g/mol. The van der Waals surface area contributed by atoms with Crippen LogP contribution in [0.2, 0.25) is 0 Å². The lowest BCUT2D eigenvalue weighted by Crippen LogP contribution is -2.20. The molecule has 0 heterocycles. The first-order valence-electron chi connectivity index (χ1n) is 9.73. The smallest absolute Gasteiger partial charge is 0.344 e. The molecule has 0 fully saturated rings. The maximum Gasteiger partial charge on any atom is 0.344 e. The molecule has 11 heteroatoms. The van der Waals surface area contributed by atoms with Gasteiger partial charge in [-0.3, -0.25) is 24.8 Å². The third-order valence-corrected chi connectivity index (χ3v) is 4.83. The van der Waals surface area contributed by atoms with Crippen LogP contribution in [0.4, 0.5) is 0 Å². The molecule has 0 bridgehead atoms. The first-order chi connectivity index (χ1) is 15.3. The zero-order valence-corrected chi connectivity index (χ0v) is 18.9. The first kappa shape index (κ1) is 25.7. The van der Waals surface area contributed by atoms with Crippen LogP contribution < -0.4 is 4.74 Å². The predicted molar refractivity (Wildman–Crippen MR) is 114 cm³/mol. The number of ether oxygens (including phenoxy) is 3. The highest BCUT2D eigenvalue weighted by Crippen LogP contribution is 2.26. The first-order valence-corrected chi connectivity index (χ1v) is 10.9. The third-order valence-electron chi connectivity index (χ3n) is 4.37. The standard InChI is InChI=1S/C21H24BrNO9/c1-14(21(26)30-13-20(25)29-8-2-3-9-31-23(27)28)15-4-5-17-11-18(32-19(24)12-22)7-6-16(17)10-15/h4-7,10-11,14,27-28H,2-3,8-9,12-13H2,1H3. The fourth-order valence-electron chi connectivity index (χ4n) is 2.70. The van der Waals surface area contributed by atoms with E-state index < -0.39 is 30.4 Å². The number of carbonyl (C=O) groups excluding carboxylic acids is 3.